The summed E-state index contributed by atoms with van der Waals surface area (Å²) < 4.78 is 0. The normalized spacial score (nSPS) is 2.10. The Bertz CT molecular complexity index is 262. The summed E-state index contributed by atoms with van der Waals surface area (Å²) in [5.74, 6) is 0. The fraction of sp³-hybridized carbons (Fsp3) is 0. The Hall–Kier alpha value is -0.208. The zero-order valence-corrected chi connectivity index (χ0v) is 17.7. The van der Waals surface area contributed by atoms with Crippen LogP contribution < -0.4 is 29.6 Å². The minimum absolute atomic E-state index is 0. The van der Waals surface area contributed by atoms with Crippen LogP contribution in [0.3, 0.4) is 0 Å². The van der Waals surface area contributed by atoms with Crippen molar-refractivity contribution in [2.45, 2.75) is 0 Å². The van der Waals surface area contributed by atoms with Gasteiger partial charge in [0.1, 0.15) is 0 Å². The Morgan fingerprint density at radius 1 is 0.400 bits per heavy atom. The molecule has 0 aliphatic heterocycles. The van der Waals surface area contributed by atoms with Gasteiger partial charge in [-0.1, -0.05) is 32.4 Å². The maximum Gasteiger partial charge on any atom is 5.00 e. The van der Waals surface area contributed by atoms with Gasteiger partial charge < -0.3 is 75.8 Å². The zero-order valence-electron chi connectivity index (χ0n) is 9.54. The molecule has 0 fully saturated rings. The van der Waals surface area contributed by atoms with E-state index in [9.17, 15) is 0 Å². The molecule has 20 heavy (non-hydrogen) atoms. The third kappa shape index (κ3) is 116000. The molecule has 0 bridgehead atoms. The molecule has 0 amide bonds. The number of hydrogen-bond acceptors (Lipinski definition) is 12. The molecule has 6 nitrogen and oxygen atoms in total. The monoisotopic (exact) mass is 423 g/mol. The second-order valence-electron chi connectivity index (χ2n) is 0.548. The molecule has 1 radical (unpaired) electrons. The van der Waals surface area contributed by atoms with Crippen molar-refractivity contribution in [2.75, 3.05) is 0 Å². The van der Waals surface area contributed by atoms with Crippen molar-refractivity contribution >= 4 is 75.8 Å². The van der Waals surface area contributed by atoms with Crippen LogP contribution >= 0.6 is 0 Å². The van der Waals surface area contributed by atoms with Crippen molar-refractivity contribution in [3.8, 4) is 32.4 Å². The van der Waals surface area contributed by atoms with Gasteiger partial charge in [0.15, 0.2) is 0 Å². The summed E-state index contributed by atoms with van der Waals surface area (Å²) in [6.45, 7) is 0. The molecule has 0 spiro atoms. The molecule has 0 aliphatic carbocycles. The minimum atomic E-state index is 0. The predicted molar refractivity (Wildman–Crippen MR) is 77.9 cm³/mol. The van der Waals surface area contributed by atoms with Crippen LogP contribution in [0.2, 0.25) is 0 Å². The van der Waals surface area contributed by atoms with E-state index < -0.39 is 0 Å². The number of nitriles is 6. The zero-order chi connectivity index (χ0) is 16.2. The first-order valence-electron chi connectivity index (χ1n) is 2.57. The summed E-state index contributed by atoms with van der Waals surface area (Å²) in [5, 5.41) is 50.8. The first-order valence-corrected chi connectivity index (χ1v) is 5.02. The van der Waals surface area contributed by atoms with Gasteiger partial charge in [-0.05, 0) is 0 Å². The van der Waals surface area contributed by atoms with E-state index in [0.29, 0.717) is 0 Å². The molecule has 0 N–H and O–H groups in total. The molecule has 0 aromatic rings. The van der Waals surface area contributed by atoms with E-state index in [1.165, 1.54) is 32.4 Å². The molecule has 14 heteroatoms. The molecule has 0 rings (SSSR count). The average Bonchev–Trinajstić information content (AvgIpc) is 2.23. The summed E-state index contributed by atoms with van der Waals surface area (Å²) >= 11 is 22.2. The molecular weight excluding hydrogens is 423 g/mol. The molecule has 0 aromatic heterocycles. The summed E-state index contributed by atoms with van der Waals surface area (Å²) in [7, 11) is 0. The number of thiocyanates is 6. The van der Waals surface area contributed by atoms with E-state index in [-0.39, 0.29) is 46.9 Å². The Morgan fingerprint density at radius 3 is 0.400 bits per heavy atom. The summed E-state index contributed by atoms with van der Waals surface area (Å²) in [4.78, 5) is 0. The molecule has 0 aromatic carbocycles. The third-order valence-corrected chi connectivity index (χ3v) is 0. The van der Waals surface area contributed by atoms with Gasteiger partial charge in [0.25, 0.3) is 0 Å². The van der Waals surface area contributed by atoms with E-state index in [4.69, 9.17) is 31.6 Å². The Morgan fingerprint density at radius 2 is 0.400 bits per heavy atom. The Labute approximate surface area is 184 Å². The fourth-order valence-electron chi connectivity index (χ4n) is 0. The minimum Gasteiger partial charge on any atom is -0.696 e. The Kier molecular flexibility index (Phi) is 446. The van der Waals surface area contributed by atoms with Crippen molar-refractivity contribution < 1.29 is 46.9 Å². The second-order valence-corrected chi connectivity index (χ2v) is 1.64. The Balaban J connectivity index is -0.0000000141. The fourth-order valence-corrected chi connectivity index (χ4v) is 0. The maximum atomic E-state index is 7.13. The third-order valence-electron chi connectivity index (χ3n) is 0. The number of hydrogen-bond donors (Lipinski definition) is 0. The van der Waals surface area contributed by atoms with Gasteiger partial charge in [0, 0.05) is 0 Å². The van der Waals surface area contributed by atoms with Gasteiger partial charge in [-0.2, -0.15) is 0 Å². The van der Waals surface area contributed by atoms with Gasteiger partial charge in [-0.25, -0.2) is 31.6 Å². The van der Waals surface area contributed by atoms with E-state index in [1.807, 2.05) is 0 Å². The van der Waals surface area contributed by atoms with Crippen LogP contribution in [0.4, 0.5) is 0 Å². The van der Waals surface area contributed by atoms with Crippen molar-refractivity contribution in [3.63, 3.8) is 0 Å². The molecule has 97 valence electrons. The van der Waals surface area contributed by atoms with E-state index in [1.54, 1.807) is 0 Å². The van der Waals surface area contributed by atoms with Gasteiger partial charge in [0.05, 0.1) is 0 Å². The second kappa shape index (κ2) is 177. The molecule has 0 heterocycles. The van der Waals surface area contributed by atoms with Crippen LogP contribution in [0.5, 0.6) is 0 Å². The van der Waals surface area contributed by atoms with E-state index in [0.717, 1.165) is 0 Å². The van der Waals surface area contributed by atoms with Crippen LogP contribution in [0, 0.1) is 64.0 Å². The molecule has 0 aliphatic rings. The number of rotatable bonds is 0. The largest absolute Gasteiger partial charge is 5.00 e. The molecule has 0 saturated heterocycles. The summed E-state index contributed by atoms with van der Waals surface area (Å²) in [5.41, 5.74) is 0. The van der Waals surface area contributed by atoms with Gasteiger partial charge in [-0.3, -0.25) is 0 Å². The number of nitrogens with zero attached hydrogens (tertiary/aromatic N) is 6. The molecule has 0 saturated carbocycles. The average molecular weight is 423 g/mol. The van der Waals surface area contributed by atoms with Crippen molar-refractivity contribution in [2.24, 2.45) is 0 Å². The van der Waals surface area contributed by atoms with Crippen molar-refractivity contribution in [3.05, 3.63) is 0 Å². The van der Waals surface area contributed by atoms with Crippen LogP contribution in [-0.4, -0.2) is 0 Å². The topological polar surface area (TPSA) is 143 Å². The summed E-state index contributed by atoms with van der Waals surface area (Å²) in [6.07, 6.45) is 0. The van der Waals surface area contributed by atoms with Crippen LogP contribution in [0.1, 0.15) is 0 Å². The molecule has 0 unspecified atom stereocenters. The van der Waals surface area contributed by atoms with Crippen LogP contribution in [0.25, 0.3) is 0 Å². The van der Waals surface area contributed by atoms with Crippen LogP contribution in [-0.2, 0) is 93.1 Å². The first-order chi connectivity index (χ1) is 8.49. The van der Waals surface area contributed by atoms with E-state index in [2.05, 4.69) is 75.8 Å². The van der Waals surface area contributed by atoms with Crippen molar-refractivity contribution in [1.82, 2.24) is 0 Å². The van der Waals surface area contributed by atoms with Crippen molar-refractivity contribution in [1.29, 1.82) is 31.6 Å². The van der Waals surface area contributed by atoms with Crippen LogP contribution in [0.15, 0.2) is 0 Å². The van der Waals surface area contributed by atoms with Gasteiger partial charge in [-0.15, -0.1) is 0 Å². The summed E-state index contributed by atoms with van der Waals surface area (Å²) in [6, 6.07) is 0. The van der Waals surface area contributed by atoms with E-state index >= 15 is 0 Å². The smallest absolute Gasteiger partial charge is 0.696 e. The molecular formula is C6CrN6NaS6. The SMILES string of the molecule is N#C[S-].N#C[S-].N#C[S-].N#C[S-].N#C[S-].N#C[S-].[Cr+5].[Na+]. The first kappa shape index (κ1) is 50.3. The predicted octanol–water partition coefficient (Wildman–Crippen LogP) is -2.91. The van der Waals surface area contributed by atoms with Gasteiger partial charge in [0.2, 0.25) is 0 Å². The quantitative estimate of drug-likeness (QED) is 0.224. The maximum absolute atomic E-state index is 7.13. The standard InChI is InChI=1S/6CHNS.Cr.Na/c6*2-1-3;;/h6*3H;;/q;;;;;;+5;+1/p-6. The molecule has 0 atom stereocenters. The van der Waals surface area contributed by atoms with Gasteiger partial charge >= 0.3 is 46.9 Å².